The molecule has 3 atom stereocenters. The first kappa shape index (κ1) is 16.6. The monoisotopic (exact) mass is 360 g/mol. The van der Waals surface area contributed by atoms with Gasteiger partial charge >= 0.3 is 0 Å². The third-order valence-electron chi connectivity index (χ3n) is 4.61. The molecule has 4 rings (SSSR count). The standard InChI is InChI=1S/C18H21ClN4O2/c1-20-10-17-21-18(22-25-17)15-8-12(9-16(19)24-15)11-23-7-6-13-4-2-3-5-14(13)23/h2-7,12,15-16,20H,8-11H2,1H3. The number of para-hydroxylation sites is 1. The van der Waals surface area contributed by atoms with E-state index in [1.807, 2.05) is 7.05 Å². The zero-order chi connectivity index (χ0) is 17.2. The van der Waals surface area contributed by atoms with Crippen molar-refractivity contribution in [3.63, 3.8) is 0 Å². The number of benzene rings is 1. The van der Waals surface area contributed by atoms with Crippen LogP contribution in [0.2, 0.25) is 0 Å². The summed E-state index contributed by atoms with van der Waals surface area (Å²) in [6.45, 7) is 1.45. The SMILES string of the molecule is CNCc1nc(C2CC(Cn3ccc4ccccc43)CC(Cl)O2)no1. The Kier molecular flexibility index (Phi) is 4.74. The molecule has 1 aromatic carbocycles. The number of nitrogens with one attached hydrogen (secondary N) is 1. The van der Waals surface area contributed by atoms with Crippen molar-refractivity contribution in [3.05, 3.63) is 48.2 Å². The Hall–Kier alpha value is -1.89. The second kappa shape index (κ2) is 7.15. The van der Waals surface area contributed by atoms with Gasteiger partial charge in [-0.05, 0) is 43.3 Å². The fourth-order valence-electron chi connectivity index (χ4n) is 3.47. The lowest BCUT2D eigenvalue weighted by atomic mass is 9.95. The zero-order valence-corrected chi connectivity index (χ0v) is 14.8. The molecule has 0 spiro atoms. The number of alkyl halides is 1. The summed E-state index contributed by atoms with van der Waals surface area (Å²) in [6.07, 6.45) is 3.55. The number of hydrogen-bond donors (Lipinski definition) is 1. The van der Waals surface area contributed by atoms with E-state index in [-0.39, 0.29) is 11.7 Å². The smallest absolute Gasteiger partial charge is 0.240 e. The molecule has 0 aliphatic carbocycles. The van der Waals surface area contributed by atoms with Crippen LogP contribution in [0.4, 0.5) is 0 Å². The van der Waals surface area contributed by atoms with E-state index in [0.29, 0.717) is 24.2 Å². The van der Waals surface area contributed by atoms with E-state index in [2.05, 4.69) is 56.6 Å². The molecule has 1 saturated heterocycles. The van der Waals surface area contributed by atoms with Gasteiger partial charge in [-0.1, -0.05) is 35.0 Å². The third-order valence-corrected chi connectivity index (χ3v) is 4.89. The lowest BCUT2D eigenvalue weighted by Crippen LogP contribution is -2.28. The molecule has 0 radical (unpaired) electrons. The summed E-state index contributed by atoms with van der Waals surface area (Å²) in [5, 5.41) is 8.31. The number of aromatic nitrogens is 3. The molecule has 3 unspecified atom stereocenters. The number of ether oxygens (including phenoxy) is 1. The molecule has 1 fully saturated rings. The summed E-state index contributed by atoms with van der Waals surface area (Å²) < 4.78 is 13.4. The lowest BCUT2D eigenvalue weighted by molar-refractivity contribution is -0.0416. The van der Waals surface area contributed by atoms with E-state index in [1.54, 1.807) is 0 Å². The predicted molar refractivity (Wildman–Crippen MR) is 95.2 cm³/mol. The van der Waals surface area contributed by atoms with Crippen molar-refractivity contribution < 1.29 is 9.26 Å². The van der Waals surface area contributed by atoms with Crippen molar-refractivity contribution >= 4 is 22.5 Å². The second-order valence-corrected chi connectivity index (χ2v) is 6.96. The third kappa shape index (κ3) is 3.56. The van der Waals surface area contributed by atoms with Gasteiger partial charge in [0.15, 0.2) is 0 Å². The van der Waals surface area contributed by atoms with Crippen LogP contribution in [0, 0.1) is 5.92 Å². The molecular formula is C18H21ClN4O2. The van der Waals surface area contributed by atoms with Gasteiger partial charge in [0.05, 0.1) is 6.54 Å². The molecule has 7 heteroatoms. The van der Waals surface area contributed by atoms with Crippen LogP contribution in [0.5, 0.6) is 0 Å². The lowest BCUT2D eigenvalue weighted by Gasteiger charge is -2.31. The highest BCUT2D eigenvalue weighted by atomic mass is 35.5. The number of hydrogen-bond acceptors (Lipinski definition) is 5. The van der Waals surface area contributed by atoms with Crippen molar-refractivity contribution in [2.45, 2.75) is 37.6 Å². The Bertz CT molecular complexity index is 846. The largest absolute Gasteiger partial charge is 0.351 e. The molecular weight excluding hydrogens is 340 g/mol. The molecule has 1 aliphatic heterocycles. The molecule has 0 saturated carbocycles. The molecule has 0 bridgehead atoms. The Labute approximate surface area is 151 Å². The summed E-state index contributed by atoms with van der Waals surface area (Å²) in [5.41, 5.74) is 0.907. The molecule has 3 heterocycles. The fourth-order valence-corrected chi connectivity index (χ4v) is 3.84. The van der Waals surface area contributed by atoms with E-state index in [1.165, 1.54) is 10.9 Å². The van der Waals surface area contributed by atoms with Crippen LogP contribution in [0.1, 0.15) is 30.7 Å². The van der Waals surface area contributed by atoms with E-state index >= 15 is 0 Å². The highest BCUT2D eigenvalue weighted by Crippen LogP contribution is 2.36. The van der Waals surface area contributed by atoms with Crippen LogP contribution in [-0.2, 0) is 17.8 Å². The van der Waals surface area contributed by atoms with Gasteiger partial charge in [0.25, 0.3) is 0 Å². The quantitative estimate of drug-likeness (QED) is 0.706. The minimum absolute atomic E-state index is 0.225. The van der Waals surface area contributed by atoms with E-state index in [9.17, 15) is 0 Å². The summed E-state index contributed by atoms with van der Waals surface area (Å²) in [7, 11) is 1.84. The summed E-state index contributed by atoms with van der Waals surface area (Å²) in [5.74, 6) is 1.53. The van der Waals surface area contributed by atoms with Crippen LogP contribution < -0.4 is 5.32 Å². The Morgan fingerprint density at radius 2 is 2.16 bits per heavy atom. The van der Waals surface area contributed by atoms with Crippen LogP contribution in [0.25, 0.3) is 10.9 Å². The van der Waals surface area contributed by atoms with Gasteiger partial charge in [-0.3, -0.25) is 0 Å². The number of halogens is 1. The van der Waals surface area contributed by atoms with E-state index in [4.69, 9.17) is 20.9 Å². The van der Waals surface area contributed by atoms with Crippen molar-refractivity contribution in [1.82, 2.24) is 20.0 Å². The fraction of sp³-hybridized carbons (Fsp3) is 0.444. The number of fused-ring (bicyclic) bond motifs is 1. The van der Waals surface area contributed by atoms with Crippen molar-refractivity contribution in [1.29, 1.82) is 0 Å². The minimum Gasteiger partial charge on any atom is -0.351 e. The molecule has 3 aromatic rings. The maximum absolute atomic E-state index is 6.35. The summed E-state index contributed by atoms with van der Waals surface area (Å²) in [6, 6.07) is 10.6. The Morgan fingerprint density at radius 3 is 3.04 bits per heavy atom. The van der Waals surface area contributed by atoms with Crippen LogP contribution in [0.3, 0.4) is 0 Å². The first-order chi connectivity index (χ1) is 12.2. The van der Waals surface area contributed by atoms with E-state index < -0.39 is 0 Å². The van der Waals surface area contributed by atoms with Crippen molar-refractivity contribution in [2.75, 3.05) is 7.05 Å². The molecule has 2 aromatic heterocycles. The molecule has 132 valence electrons. The first-order valence-electron chi connectivity index (χ1n) is 8.53. The molecule has 0 amide bonds. The summed E-state index contributed by atoms with van der Waals surface area (Å²) in [4.78, 5) is 4.41. The number of rotatable bonds is 5. The van der Waals surface area contributed by atoms with Crippen LogP contribution >= 0.6 is 11.6 Å². The average molecular weight is 361 g/mol. The van der Waals surface area contributed by atoms with Crippen molar-refractivity contribution in [3.8, 4) is 0 Å². The normalized spacial score (nSPS) is 24.0. The minimum atomic E-state index is -0.336. The van der Waals surface area contributed by atoms with Crippen LogP contribution in [0.15, 0.2) is 41.1 Å². The molecule has 25 heavy (non-hydrogen) atoms. The highest BCUT2D eigenvalue weighted by molar-refractivity contribution is 6.19. The highest BCUT2D eigenvalue weighted by Gasteiger charge is 2.32. The van der Waals surface area contributed by atoms with E-state index in [0.717, 1.165) is 19.4 Å². The maximum Gasteiger partial charge on any atom is 0.240 e. The Balaban J connectivity index is 1.50. The van der Waals surface area contributed by atoms with Gasteiger partial charge in [-0.2, -0.15) is 4.98 Å². The number of nitrogens with zero attached hydrogens (tertiary/aromatic N) is 3. The Morgan fingerprint density at radius 1 is 1.28 bits per heavy atom. The average Bonchev–Trinajstić information content (AvgIpc) is 3.23. The van der Waals surface area contributed by atoms with Crippen LogP contribution in [-0.4, -0.2) is 27.3 Å². The zero-order valence-electron chi connectivity index (χ0n) is 14.1. The van der Waals surface area contributed by atoms with Gasteiger partial charge < -0.3 is 19.1 Å². The topological polar surface area (TPSA) is 65.1 Å². The van der Waals surface area contributed by atoms with Gasteiger partial charge in [-0.15, -0.1) is 0 Å². The second-order valence-electron chi connectivity index (χ2n) is 6.48. The molecule has 1 aliphatic rings. The van der Waals surface area contributed by atoms with Crippen molar-refractivity contribution in [2.24, 2.45) is 5.92 Å². The van der Waals surface area contributed by atoms with Gasteiger partial charge in [0.1, 0.15) is 11.7 Å². The maximum atomic E-state index is 6.35. The predicted octanol–water partition coefficient (Wildman–Crippen LogP) is 3.48. The van der Waals surface area contributed by atoms with Gasteiger partial charge in [0.2, 0.25) is 11.7 Å². The van der Waals surface area contributed by atoms with Gasteiger partial charge in [-0.25, -0.2) is 0 Å². The summed E-state index contributed by atoms with van der Waals surface area (Å²) >= 11 is 6.35. The first-order valence-corrected chi connectivity index (χ1v) is 8.97. The molecule has 6 nitrogen and oxygen atoms in total. The molecule has 1 N–H and O–H groups in total. The van der Waals surface area contributed by atoms with Gasteiger partial charge in [0, 0.05) is 18.3 Å².